The monoisotopic (exact) mass is 227 g/mol. The Kier molecular flexibility index (Phi) is 4.24. The maximum Gasteiger partial charge on any atom is 0.0578 e. The van der Waals surface area contributed by atoms with Gasteiger partial charge in [0.15, 0.2) is 0 Å². The minimum absolute atomic E-state index is 0.698. The molecule has 1 aromatic rings. The zero-order chi connectivity index (χ0) is 11.4. The average molecular weight is 228 g/mol. The number of hydrogen-bond acceptors (Lipinski definition) is 3. The Morgan fingerprint density at radius 1 is 1.40 bits per heavy atom. The molecule has 0 spiro atoms. The van der Waals surface area contributed by atoms with Crippen LogP contribution < -0.4 is 11.1 Å². The van der Waals surface area contributed by atoms with Gasteiger partial charge in [0.05, 0.1) is 11.4 Å². The van der Waals surface area contributed by atoms with E-state index in [4.69, 9.17) is 17.3 Å². The van der Waals surface area contributed by atoms with Gasteiger partial charge in [0.25, 0.3) is 0 Å². The highest BCUT2D eigenvalue weighted by Gasteiger charge is 2.02. The van der Waals surface area contributed by atoms with E-state index in [0.29, 0.717) is 10.7 Å². The third kappa shape index (κ3) is 3.61. The summed E-state index contributed by atoms with van der Waals surface area (Å²) in [6.45, 7) is 3.82. The SMILES string of the molecule is Cc1cc(NCCN(C)C)c(N)cc1Cl. The fourth-order valence-electron chi connectivity index (χ4n) is 1.26. The molecular formula is C11H18ClN3. The standard InChI is InChI=1S/C11H18ClN3/c1-8-6-11(10(13)7-9(8)12)14-4-5-15(2)3/h6-7,14H,4-5,13H2,1-3H3. The van der Waals surface area contributed by atoms with Crippen LogP contribution in [0.4, 0.5) is 11.4 Å². The number of nitrogen functional groups attached to an aromatic ring is 1. The number of nitrogens with zero attached hydrogens (tertiary/aromatic N) is 1. The second-order valence-corrected chi connectivity index (χ2v) is 4.33. The van der Waals surface area contributed by atoms with E-state index in [1.54, 1.807) is 6.07 Å². The smallest absolute Gasteiger partial charge is 0.0578 e. The first-order valence-corrected chi connectivity index (χ1v) is 5.32. The van der Waals surface area contributed by atoms with Gasteiger partial charge in [-0.1, -0.05) is 11.6 Å². The Morgan fingerprint density at radius 2 is 2.07 bits per heavy atom. The van der Waals surface area contributed by atoms with E-state index in [2.05, 4.69) is 10.2 Å². The predicted molar refractivity (Wildman–Crippen MR) is 67.6 cm³/mol. The molecule has 15 heavy (non-hydrogen) atoms. The second-order valence-electron chi connectivity index (χ2n) is 3.92. The van der Waals surface area contributed by atoms with Crippen LogP contribution in [0.1, 0.15) is 5.56 Å². The zero-order valence-electron chi connectivity index (χ0n) is 9.47. The highest BCUT2D eigenvalue weighted by molar-refractivity contribution is 6.31. The van der Waals surface area contributed by atoms with Crippen molar-refractivity contribution in [2.24, 2.45) is 0 Å². The van der Waals surface area contributed by atoms with Crippen LogP contribution in [0, 0.1) is 6.92 Å². The van der Waals surface area contributed by atoms with E-state index in [1.807, 2.05) is 27.1 Å². The lowest BCUT2D eigenvalue weighted by Crippen LogP contribution is -2.21. The van der Waals surface area contributed by atoms with Gasteiger partial charge in [-0.3, -0.25) is 0 Å². The minimum atomic E-state index is 0.698. The molecule has 0 unspecified atom stereocenters. The van der Waals surface area contributed by atoms with Crippen LogP contribution in [0.25, 0.3) is 0 Å². The van der Waals surface area contributed by atoms with Crippen molar-refractivity contribution >= 4 is 23.0 Å². The molecule has 0 amide bonds. The van der Waals surface area contributed by atoms with Gasteiger partial charge in [0.2, 0.25) is 0 Å². The molecule has 84 valence electrons. The lowest BCUT2D eigenvalue weighted by atomic mass is 10.2. The van der Waals surface area contributed by atoms with Gasteiger partial charge in [0, 0.05) is 18.1 Å². The van der Waals surface area contributed by atoms with Crippen LogP contribution in [0.3, 0.4) is 0 Å². The molecule has 0 atom stereocenters. The van der Waals surface area contributed by atoms with E-state index in [0.717, 1.165) is 24.3 Å². The van der Waals surface area contributed by atoms with Crippen LogP contribution in [0.15, 0.2) is 12.1 Å². The molecule has 0 bridgehead atoms. The Morgan fingerprint density at radius 3 is 2.67 bits per heavy atom. The number of rotatable bonds is 4. The Labute approximate surface area is 96.2 Å². The average Bonchev–Trinajstić information content (AvgIpc) is 2.13. The predicted octanol–water partition coefficient (Wildman–Crippen LogP) is 2.20. The molecule has 1 aromatic carbocycles. The van der Waals surface area contributed by atoms with Gasteiger partial charge >= 0.3 is 0 Å². The highest BCUT2D eigenvalue weighted by atomic mass is 35.5. The van der Waals surface area contributed by atoms with Crippen LogP contribution in [0.2, 0.25) is 5.02 Å². The maximum absolute atomic E-state index is 5.95. The number of likely N-dealkylation sites (N-methyl/N-ethyl adjacent to an activating group) is 1. The summed E-state index contributed by atoms with van der Waals surface area (Å²) in [6.07, 6.45) is 0. The van der Waals surface area contributed by atoms with Crippen molar-refractivity contribution in [2.45, 2.75) is 6.92 Å². The molecule has 0 aliphatic heterocycles. The number of nitrogens with two attached hydrogens (primary N) is 1. The molecule has 4 heteroatoms. The number of aryl methyl sites for hydroxylation is 1. The van der Waals surface area contributed by atoms with Crippen molar-refractivity contribution in [3.05, 3.63) is 22.7 Å². The molecule has 0 aliphatic rings. The molecule has 0 saturated heterocycles. The van der Waals surface area contributed by atoms with Crippen LogP contribution in [-0.4, -0.2) is 32.1 Å². The number of benzene rings is 1. The van der Waals surface area contributed by atoms with Crippen molar-refractivity contribution in [2.75, 3.05) is 38.2 Å². The summed E-state index contributed by atoms with van der Waals surface area (Å²) < 4.78 is 0. The first-order valence-electron chi connectivity index (χ1n) is 4.95. The first kappa shape index (κ1) is 12.1. The molecule has 1 rings (SSSR count). The summed E-state index contributed by atoms with van der Waals surface area (Å²) >= 11 is 5.95. The van der Waals surface area contributed by atoms with Crippen molar-refractivity contribution < 1.29 is 0 Å². The van der Waals surface area contributed by atoms with Gasteiger partial charge in [-0.05, 0) is 38.7 Å². The van der Waals surface area contributed by atoms with Crippen LogP contribution >= 0.6 is 11.6 Å². The molecule has 3 N–H and O–H groups in total. The second kappa shape index (κ2) is 5.24. The fraction of sp³-hybridized carbons (Fsp3) is 0.455. The van der Waals surface area contributed by atoms with Gasteiger partial charge in [-0.25, -0.2) is 0 Å². The molecule has 0 aromatic heterocycles. The molecule has 0 fully saturated rings. The third-order valence-electron chi connectivity index (χ3n) is 2.21. The largest absolute Gasteiger partial charge is 0.397 e. The summed E-state index contributed by atoms with van der Waals surface area (Å²) in [4.78, 5) is 2.12. The van der Waals surface area contributed by atoms with Crippen LogP contribution in [0.5, 0.6) is 0 Å². The quantitative estimate of drug-likeness (QED) is 0.775. The molecular weight excluding hydrogens is 210 g/mol. The molecule has 0 aliphatic carbocycles. The maximum atomic E-state index is 5.95. The lowest BCUT2D eigenvalue weighted by Gasteiger charge is -2.14. The highest BCUT2D eigenvalue weighted by Crippen LogP contribution is 2.26. The minimum Gasteiger partial charge on any atom is -0.397 e. The summed E-state index contributed by atoms with van der Waals surface area (Å²) in [5, 5.41) is 4.00. The summed E-state index contributed by atoms with van der Waals surface area (Å²) in [7, 11) is 4.08. The van der Waals surface area contributed by atoms with E-state index in [1.165, 1.54) is 0 Å². The van der Waals surface area contributed by atoms with Crippen molar-refractivity contribution in [1.29, 1.82) is 0 Å². The van der Waals surface area contributed by atoms with Crippen LogP contribution in [-0.2, 0) is 0 Å². The Balaban J connectivity index is 2.65. The summed E-state index contributed by atoms with van der Waals surface area (Å²) in [5.41, 5.74) is 8.54. The number of hydrogen-bond donors (Lipinski definition) is 2. The van der Waals surface area contributed by atoms with Gasteiger partial charge in [0.1, 0.15) is 0 Å². The van der Waals surface area contributed by atoms with Crippen molar-refractivity contribution in [3.63, 3.8) is 0 Å². The third-order valence-corrected chi connectivity index (χ3v) is 2.61. The van der Waals surface area contributed by atoms with E-state index in [-0.39, 0.29) is 0 Å². The normalized spacial score (nSPS) is 10.7. The van der Waals surface area contributed by atoms with E-state index in [9.17, 15) is 0 Å². The van der Waals surface area contributed by atoms with Gasteiger partial charge in [-0.2, -0.15) is 0 Å². The lowest BCUT2D eigenvalue weighted by molar-refractivity contribution is 0.425. The molecule has 3 nitrogen and oxygen atoms in total. The molecule has 0 saturated carbocycles. The first-order chi connectivity index (χ1) is 7.00. The number of halogens is 1. The molecule has 0 heterocycles. The van der Waals surface area contributed by atoms with Crippen molar-refractivity contribution in [1.82, 2.24) is 4.90 Å². The van der Waals surface area contributed by atoms with Gasteiger partial charge < -0.3 is 16.0 Å². The topological polar surface area (TPSA) is 41.3 Å². The summed E-state index contributed by atoms with van der Waals surface area (Å²) in [6, 6.07) is 3.77. The molecule has 0 radical (unpaired) electrons. The summed E-state index contributed by atoms with van der Waals surface area (Å²) in [5.74, 6) is 0. The number of nitrogens with one attached hydrogen (secondary N) is 1. The van der Waals surface area contributed by atoms with Gasteiger partial charge in [-0.15, -0.1) is 0 Å². The fourth-order valence-corrected chi connectivity index (χ4v) is 1.44. The Bertz CT molecular complexity index is 337. The number of anilines is 2. The van der Waals surface area contributed by atoms with E-state index < -0.39 is 0 Å². The van der Waals surface area contributed by atoms with Crippen molar-refractivity contribution in [3.8, 4) is 0 Å². The zero-order valence-corrected chi connectivity index (χ0v) is 10.2. The van der Waals surface area contributed by atoms with E-state index >= 15 is 0 Å². The Hall–Kier alpha value is -0.930.